The summed E-state index contributed by atoms with van der Waals surface area (Å²) in [5, 5.41) is 12.2. The van der Waals surface area contributed by atoms with Crippen molar-refractivity contribution in [3.8, 4) is 0 Å². The van der Waals surface area contributed by atoms with Gasteiger partial charge in [-0.1, -0.05) is 6.92 Å². The van der Waals surface area contributed by atoms with Crippen molar-refractivity contribution in [2.75, 3.05) is 18.4 Å². The zero-order valence-electron chi connectivity index (χ0n) is 13.9. The number of aromatic nitrogens is 2. The second-order valence-electron chi connectivity index (χ2n) is 5.96. The predicted octanol–water partition coefficient (Wildman–Crippen LogP) is 2.15. The zero-order valence-corrected chi connectivity index (χ0v) is 13.9. The van der Waals surface area contributed by atoms with Crippen LogP contribution in [0, 0.1) is 5.82 Å². The minimum atomic E-state index is -0.372. The van der Waals surface area contributed by atoms with Gasteiger partial charge in [0.15, 0.2) is 0 Å². The number of anilines is 1. The van der Waals surface area contributed by atoms with E-state index in [9.17, 15) is 14.0 Å². The Morgan fingerprint density at radius 3 is 2.84 bits per heavy atom. The number of benzene rings is 1. The van der Waals surface area contributed by atoms with E-state index in [1.54, 1.807) is 11.1 Å². The fourth-order valence-electron chi connectivity index (χ4n) is 2.89. The molecule has 1 aliphatic heterocycles. The Bertz CT molecular complexity index is 759. The number of urea groups is 1. The maximum atomic E-state index is 12.9. The van der Waals surface area contributed by atoms with Crippen LogP contribution in [-0.4, -0.2) is 46.2 Å². The molecule has 1 saturated heterocycles. The van der Waals surface area contributed by atoms with Crippen molar-refractivity contribution in [1.29, 1.82) is 0 Å². The summed E-state index contributed by atoms with van der Waals surface area (Å²) in [5.41, 5.74) is 1.91. The van der Waals surface area contributed by atoms with Gasteiger partial charge in [-0.2, -0.15) is 5.10 Å². The number of nitrogens with one attached hydrogen (secondary N) is 3. The van der Waals surface area contributed by atoms with Gasteiger partial charge in [0.1, 0.15) is 5.82 Å². The molecule has 0 saturated carbocycles. The number of nitrogens with zero attached hydrogens (tertiary/aromatic N) is 2. The van der Waals surface area contributed by atoms with Gasteiger partial charge in [-0.3, -0.25) is 9.89 Å². The molecule has 25 heavy (non-hydrogen) atoms. The number of halogens is 1. The van der Waals surface area contributed by atoms with E-state index in [0.29, 0.717) is 37.2 Å². The third-order valence-electron chi connectivity index (χ3n) is 4.22. The molecule has 2 heterocycles. The van der Waals surface area contributed by atoms with E-state index in [1.807, 2.05) is 6.92 Å². The van der Waals surface area contributed by atoms with E-state index in [1.165, 1.54) is 24.3 Å². The normalized spacial score (nSPS) is 16.7. The van der Waals surface area contributed by atoms with Crippen LogP contribution in [0.4, 0.5) is 14.9 Å². The van der Waals surface area contributed by atoms with Crippen LogP contribution in [0.2, 0.25) is 0 Å². The summed E-state index contributed by atoms with van der Waals surface area (Å²) in [6, 6.07) is 5.04. The first-order valence-electron chi connectivity index (χ1n) is 8.21. The molecule has 3 amide bonds. The molecule has 1 aliphatic rings. The van der Waals surface area contributed by atoms with Gasteiger partial charge < -0.3 is 15.5 Å². The molecule has 0 radical (unpaired) electrons. The lowest BCUT2D eigenvalue weighted by Gasteiger charge is -2.17. The van der Waals surface area contributed by atoms with E-state index < -0.39 is 0 Å². The van der Waals surface area contributed by atoms with Crippen molar-refractivity contribution in [3.63, 3.8) is 0 Å². The molecule has 132 valence electrons. The molecule has 1 fully saturated rings. The van der Waals surface area contributed by atoms with Crippen LogP contribution in [0.15, 0.2) is 30.5 Å². The minimum Gasteiger partial charge on any atom is -0.336 e. The summed E-state index contributed by atoms with van der Waals surface area (Å²) in [6.07, 6.45) is 2.93. The smallest absolute Gasteiger partial charge is 0.319 e. The summed E-state index contributed by atoms with van der Waals surface area (Å²) in [4.78, 5) is 26.3. The Morgan fingerprint density at radius 1 is 1.36 bits per heavy atom. The number of hydrogen-bond acceptors (Lipinski definition) is 3. The van der Waals surface area contributed by atoms with Crippen LogP contribution >= 0.6 is 0 Å². The fraction of sp³-hybridized carbons (Fsp3) is 0.353. The van der Waals surface area contributed by atoms with Gasteiger partial charge in [-0.15, -0.1) is 0 Å². The topological polar surface area (TPSA) is 90.1 Å². The maximum absolute atomic E-state index is 12.9. The van der Waals surface area contributed by atoms with Crippen LogP contribution < -0.4 is 10.6 Å². The molecule has 7 nitrogen and oxygen atoms in total. The summed E-state index contributed by atoms with van der Waals surface area (Å²) in [6.45, 7) is 2.98. The molecular weight excluding hydrogens is 325 g/mol. The number of carbonyl (C=O) groups is 2. The number of H-pyrrole nitrogens is 1. The predicted molar refractivity (Wildman–Crippen MR) is 90.8 cm³/mol. The van der Waals surface area contributed by atoms with Gasteiger partial charge >= 0.3 is 6.03 Å². The van der Waals surface area contributed by atoms with E-state index in [0.717, 1.165) is 5.69 Å². The molecule has 2 aromatic rings. The molecule has 1 aromatic heterocycles. The largest absolute Gasteiger partial charge is 0.336 e. The van der Waals surface area contributed by atoms with E-state index >= 15 is 0 Å². The first-order chi connectivity index (χ1) is 12.1. The highest BCUT2D eigenvalue weighted by Crippen LogP contribution is 2.16. The van der Waals surface area contributed by atoms with Crippen molar-refractivity contribution in [2.24, 2.45) is 0 Å². The minimum absolute atomic E-state index is 0.0751. The molecular formula is C17H20FN5O2. The maximum Gasteiger partial charge on any atom is 0.319 e. The second-order valence-corrected chi connectivity index (χ2v) is 5.96. The van der Waals surface area contributed by atoms with E-state index in [-0.39, 0.29) is 23.8 Å². The fourth-order valence-corrected chi connectivity index (χ4v) is 2.89. The summed E-state index contributed by atoms with van der Waals surface area (Å²) in [7, 11) is 0. The number of aryl methyl sites for hydroxylation is 1. The molecule has 0 bridgehead atoms. The Labute approximate surface area is 144 Å². The van der Waals surface area contributed by atoms with Crippen molar-refractivity contribution in [1.82, 2.24) is 20.4 Å². The quantitative estimate of drug-likeness (QED) is 0.793. The average Bonchev–Trinajstić information content (AvgIpc) is 3.25. The molecule has 1 aromatic carbocycles. The number of amides is 3. The molecule has 8 heteroatoms. The van der Waals surface area contributed by atoms with Crippen molar-refractivity contribution in [3.05, 3.63) is 47.5 Å². The standard InChI is InChI=1S/C17H20FN5O2/c1-2-15-14(9-19-22-15)16(24)23-8-7-13(10-23)21-17(25)20-12-5-3-11(18)4-6-12/h3-6,9,13H,2,7-8,10H2,1H3,(H,19,22)(H2,20,21,25). The first kappa shape index (κ1) is 16.9. The van der Waals surface area contributed by atoms with Crippen LogP contribution in [0.5, 0.6) is 0 Å². The Balaban J connectivity index is 1.53. The van der Waals surface area contributed by atoms with Crippen LogP contribution in [-0.2, 0) is 6.42 Å². The van der Waals surface area contributed by atoms with Gasteiger partial charge in [0.2, 0.25) is 0 Å². The highest BCUT2D eigenvalue weighted by atomic mass is 19.1. The van der Waals surface area contributed by atoms with Gasteiger partial charge in [-0.05, 0) is 37.1 Å². The molecule has 3 N–H and O–H groups in total. The Morgan fingerprint density at radius 2 is 2.12 bits per heavy atom. The number of hydrogen-bond donors (Lipinski definition) is 3. The summed E-state index contributed by atoms with van der Waals surface area (Å²) < 4.78 is 12.9. The number of likely N-dealkylation sites (tertiary alicyclic amines) is 1. The number of aromatic amines is 1. The van der Waals surface area contributed by atoms with Crippen LogP contribution in [0.25, 0.3) is 0 Å². The third kappa shape index (κ3) is 3.96. The molecule has 3 rings (SSSR count). The zero-order chi connectivity index (χ0) is 17.8. The van der Waals surface area contributed by atoms with Crippen LogP contribution in [0.1, 0.15) is 29.4 Å². The van der Waals surface area contributed by atoms with Crippen molar-refractivity contribution in [2.45, 2.75) is 25.8 Å². The summed E-state index contributed by atoms with van der Waals surface area (Å²) in [5.74, 6) is -0.435. The van der Waals surface area contributed by atoms with Gasteiger partial charge in [-0.25, -0.2) is 9.18 Å². The first-order valence-corrected chi connectivity index (χ1v) is 8.21. The monoisotopic (exact) mass is 345 g/mol. The lowest BCUT2D eigenvalue weighted by atomic mass is 10.2. The lowest BCUT2D eigenvalue weighted by Crippen LogP contribution is -2.40. The number of carbonyl (C=O) groups excluding carboxylic acids is 2. The SMILES string of the molecule is CCc1[nH]ncc1C(=O)N1CCC(NC(=O)Nc2ccc(F)cc2)C1. The molecule has 0 aliphatic carbocycles. The Kier molecular flexibility index (Phi) is 4.97. The van der Waals surface area contributed by atoms with Gasteiger partial charge in [0, 0.05) is 30.5 Å². The Hall–Kier alpha value is -2.90. The van der Waals surface area contributed by atoms with Crippen molar-refractivity contribution < 1.29 is 14.0 Å². The number of rotatable bonds is 4. The molecule has 1 atom stereocenters. The van der Waals surface area contributed by atoms with Gasteiger partial charge in [0.05, 0.1) is 11.8 Å². The third-order valence-corrected chi connectivity index (χ3v) is 4.22. The summed E-state index contributed by atoms with van der Waals surface area (Å²) >= 11 is 0. The highest BCUT2D eigenvalue weighted by molar-refractivity contribution is 5.95. The van der Waals surface area contributed by atoms with Gasteiger partial charge in [0.25, 0.3) is 5.91 Å². The lowest BCUT2D eigenvalue weighted by molar-refractivity contribution is 0.0788. The average molecular weight is 345 g/mol. The van der Waals surface area contributed by atoms with E-state index in [2.05, 4.69) is 20.8 Å². The second kappa shape index (κ2) is 7.33. The highest BCUT2D eigenvalue weighted by Gasteiger charge is 2.29. The van der Waals surface area contributed by atoms with E-state index in [4.69, 9.17) is 0 Å². The molecule has 0 spiro atoms. The molecule has 1 unspecified atom stereocenters. The van der Waals surface area contributed by atoms with Crippen molar-refractivity contribution >= 4 is 17.6 Å². The van der Waals surface area contributed by atoms with Crippen LogP contribution in [0.3, 0.4) is 0 Å².